The van der Waals surface area contributed by atoms with E-state index in [4.69, 9.17) is 5.26 Å². The fraction of sp³-hybridized carbons (Fsp3) is 0. The van der Waals surface area contributed by atoms with Crippen molar-refractivity contribution in [2.24, 2.45) is 0 Å². The predicted molar refractivity (Wildman–Crippen MR) is 14.2 cm³/mol. The molecule has 0 aromatic heterocycles. The van der Waals surface area contributed by atoms with Gasteiger partial charge in [0.25, 0.3) is 0 Å². The molecule has 0 N–H and O–H groups in total. The summed E-state index contributed by atoms with van der Waals surface area (Å²) in [7, 11) is 0. The van der Waals surface area contributed by atoms with E-state index in [0.29, 0.717) is 0 Å². The van der Waals surface area contributed by atoms with Crippen LogP contribution in [0, 0.1) is 10.2 Å². The number of nitrogens with zero attached hydrogens (tertiary/aromatic N) is 1. The summed E-state index contributed by atoms with van der Waals surface area (Å²) in [6.07, 6.45) is 0. The molecule has 0 aromatic carbocycles. The molecule has 0 atom stereocenters. The Balaban J connectivity index is 0. The summed E-state index contributed by atoms with van der Waals surface area (Å²) in [6, 6.07) is 0. The third kappa shape index (κ3) is 9.75. The minimum absolute atomic E-state index is 0. The van der Waals surface area contributed by atoms with E-state index < -0.39 is 0 Å². The topological polar surface area (TPSA) is 23.8 Å². The van der Waals surface area contributed by atoms with E-state index in [0.717, 1.165) is 0 Å². The molecule has 0 aliphatic heterocycles. The van der Waals surface area contributed by atoms with Crippen LogP contribution >= 0.6 is 0 Å². The Bertz CT molecular complexity index is 29.5. The molecule has 0 saturated heterocycles. The van der Waals surface area contributed by atoms with Crippen LogP contribution in [0.4, 0.5) is 0 Å². The summed E-state index contributed by atoms with van der Waals surface area (Å²) in [5.74, 6) is 0. The third-order valence-electron chi connectivity index (χ3n) is 0. The molecule has 0 bridgehead atoms. The predicted octanol–water partition coefficient (Wildman–Crippen LogP) is -0.902. The van der Waals surface area contributed by atoms with Crippen LogP contribution in [0.1, 0.15) is 0 Å². The number of hydrogen-bond acceptors (Lipinski definition) is 1. The zero-order valence-electron chi connectivity index (χ0n) is 1.30. The Kier molecular flexibility index (Phi) is 20.0. The fourth-order valence-corrected chi connectivity index (χ4v) is 0. The summed E-state index contributed by atoms with van der Waals surface area (Å²) in [4.78, 5) is 1.50. The molecule has 0 rings (SSSR count). The first-order chi connectivity index (χ1) is 1.41. The SMILES string of the molecule is N#[C][Fe].[SrH2]. The molecule has 4 heavy (non-hydrogen) atoms. The van der Waals surface area contributed by atoms with Gasteiger partial charge in [0.05, 0.1) is 0 Å². The maximum atomic E-state index is 7.21. The van der Waals surface area contributed by atoms with Gasteiger partial charge in [0.1, 0.15) is 0 Å². The number of nitriles is 1. The number of rotatable bonds is 0. The Hall–Kier alpha value is 1.49. The molecule has 0 unspecified atom stereocenters. The Labute approximate surface area is 70.5 Å². The Morgan fingerprint density at radius 2 is 1.75 bits per heavy atom. The molecule has 0 aromatic rings. The van der Waals surface area contributed by atoms with E-state index in [1.807, 2.05) is 0 Å². The van der Waals surface area contributed by atoms with Gasteiger partial charge in [-0.3, -0.25) is 0 Å². The van der Waals surface area contributed by atoms with Gasteiger partial charge in [0, 0.05) is 0 Å². The van der Waals surface area contributed by atoms with Gasteiger partial charge in [-0.25, -0.2) is 0 Å². The first kappa shape index (κ1) is 9.09. The molecule has 0 aliphatic carbocycles. The fourth-order valence-electron chi connectivity index (χ4n) is 0. The van der Waals surface area contributed by atoms with Crippen LogP contribution in [0.3, 0.4) is 0 Å². The maximum absolute atomic E-state index is 7.21. The summed E-state index contributed by atoms with van der Waals surface area (Å²) in [5.41, 5.74) is 0. The van der Waals surface area contributed by atoms with Gasteiger partial charge in [-0.05, 0) is 0 Å². The molecular formula is CH2FeNSr. The minimum atomic E-state index is 0. The van der Waals surface area contributed by atoms with E-state index in [1.54, 1.807) is 0 Å². The summed E-state index contributed by atoms with van der Waals surface area (Å²) >= 11 is 2.79. The van der Waals surface area contributed by atoms with Gasteiger partial charge >= 0.3 is 71.7 Å². The van der Waals surface area contributed by atoms with Crippen molar-refractivity contribution in [3.8, 4) is 4.97 Å². The van der Waals surface area contributed by atoms with Crippen LogP contribution in [0.2, 0.25) is 0 Å². The first-order valence-electron chi connectivity index (χ1n) is 0.400. The van der Waals surface area contributed by atoms with Crippen LogP contribution < -0.4 is 0 Å². The summed E-state index contributed by atoms with van der Waals surface area (Å²) in [5, 5.41) is 7.21. The van der Waals surface area contributed by atoms with E-state index in [9.17, 15) is 0 Å². The van der Waals surface area contributed by atoms with Crippen LogP contribution in [-0.2, 0) is 16.0 Å². The van der Waals surface area contributed by atoms with E-state index in [2.05, 4.69) is 16.0 Å². The van der Waals surface area contributed by atoms with E-state index in [1.165, 1.54) is 4.97 Å². The second-order valence-corrected chi connectivity index (χ2v) is 0.326. The van der Waals surface area contributed by atoms with Crippen molar-refractivity contribution >= 4 is 45.5 Å². The Morgan fingerprint density at radius 1 is 1.75 bits per heavy atom. The van der Waals surface area contributed by atoms with Gasteiger partial charge in [-0.15, -0.1) is 0 Å². The monoisotopic (exact) mass is 172 g/mol. The van der Waals surface area contributed by atoms with Crippen molar-refractivity contribution < 1.29 is 16.0 Å². The van der Waals surface area contributed by atoms with Crippen LogP contribution in [-0.4, -0.2) is 45.5 Å². The van der Waals surface area contributed by atoms with Crippen molar-refractivity contribution in [3.05, 3.63) is 0 Å². The summed E-state index contributed by atoms with van der Waals surface area (Å²) < 4.78 is 0. The third-order valence-corrected chi connectivity index (χ3v) is 0. The molecule has 0 spiro atoms. The molecule has 3 heteroatoms. The summed E-state index contributed by atoms with van der Waals surface area (Å²) in [6.45, 7) is 0. The molecular weight excluding hydrogens is 169 g/mol. The second kappa shape index (κ2) is 8.82. The molecule has 0 radical (unpaired) electrons. The van der Waals surface area contributed by atoms with Crippen molar-refractivity contribution in [3.63, 3.8) is 0 Å². The van der Waals surface area contributed by atoms with Gasteiger partial charge in [-0.1, -0.05) is 0 Å². The average molecular weight is 171 g/mol. The van der Waals surface area contributed by atoms with Crippen LogP contribution in [0.15, 0.2) is 0 Å². The number of hydrogen-bond donors (Lipinski definition) is 0. The quantitative estimate of drug-likeness (QED) is 0.434. The molecule has 21 valence electrons. The molecule has 0 amide bonds. The molecule has 1 nitrogen and oxygen atoms in total. The molecule has 0 aliphatic rings. The van der Waals surface area contributed by atoms with Crippen molar-refractivity contribution in [2.45, 2.75) is 0 Å². The molecule has 0 heterocycles. The average Bonchev–Trinajstić information content (AvgIpc) is 0.918. The van der Waals surface area contributed by atoms with Crippen molar-refractivity contribution in [2.75, 3.05) is 0 Å². The molecule has 0 saturated carbocycles. The first-order valence-corrected chi connectivity index (χ1v) is 0.952. The zero-order valence-corrected chi connectivity index (χ0v) is 2.40. The molecule has 0 fully saturated rings. The van der Waals surface area contributed by atoms with Gasteiger partial charge in [-0.2, -0.15) is 0 Å². The van der Waals surface area contributed by atoms with Crippen LogP contribution in [0.25, 0.3) is 0 Å². The van der Waals surface area contributed by atoms with Gasteiger partial charge in [0.15, 0.2) is 0 Å². The van der Waals surface area contributed by atoms with E-state index in [-0.39, 0.29) is 45.5 Å². The van der Waals surface area contributed by atoms with Gasteiger partial charge < -0.3 is 0 Å². The van der Waals surface area contributed by atoms with Gasteiger partial charge in [0.2, 0.25) is 0 Å². The van der Waals surface area contributed by atoms with Crippen molar-refractivity contribution in [1.29, 1.82) is 5.26 Å². The standard InChI is InChI=1S/CN.Fe.Sr.2H/c1-2;;;;. The Morgan fingerprint density at radius 3 is 1.75 bits per heavy atom. The van der Waals surface area contributed by atoms with Crippen molar-refractivity contribution in [1.82, 2.24) is 0 Å². The zero-order chi connectivity index (χ0) is 2.71. The van der Waals surface area contributed by atoms with Crippen LogP contribution in [0.5, 0.6) is 0 Å². The second-order valence-electron chi connectivity index (χ2n) is 0.0791. The van der Waals surface area contributed by atoms with E-state index >= 15 is 0 Å². The normalized spacial score (nSPS) is 2.00.